The highest BCUT2D eigenvalue weighted by Gasteiger charge is 2.20. The maximum absolute atomic E-state index is 12.9. The molecule has 0 spiro atoms. The van der Waals surface area contributed by atoms with E-state index in [1.165, 1.54) is 12.1 Å². The quantitative estimate of drug-likeness (QED) is 0.469. The van der Waals surface area contributed by atoms with Crippen LogP contribution in [0.5, 0.6) is 11.5 Å². The van der Waals surface area contributed by atoms with E-state index in [1.54, 1.807) is 11.8 Å². The molecule has 1 N–H and O–H groups in total. The normalized spacial score (nSPS) is 10.4. The molecular weight excluding hydrogens is 430 g/mol. The van der Waals surface area contributed by atoms with Crippen molar-refractivity contribution >= 4 is 23.5 Å². The maximum atomic E-state index is 12.9. The van der Waals surface area contributed by atoms with Gasteiger partial charge in [0.15, 0.2) is 18.1 Å². The molecule has 1 amide bonds. The maximum Gasteiger partial charge on any atom is 0.338 e. The third-order valence-electron chi connectivity index (χ3n) is 4.68. The summed E-state index contributed by atoms with van der Waals surface area (Å²) in [5.41, 5.74) is 2.02. The third-order valence-corrected chi connectivity index (χ3v) is 4.96. The molecule has 3 aromatic carbocycles. The van der Waals surface area contributed by atoms with E-state index in [-0.39, 0.29) is 34.6 Å². The summed E-state index contributed by atoms with van der Waals surface area (Å²) in [7, 11) is 0. The van der Waals surface area contributed by atoms with Gasteiger partial charge in [0.05, 0.1) is 17.2 Å². The fourth-order valence-corrected chi connectivity index (χ4v) is 3.31. The van der Waals surface area contributed by atoms with Crippen LogP contribution in [-0.2, 0) is 22.6 Å². The average molecular weight is 454 g/mol. The minimum absolute atomic E-state index is 0.0380. The highest BCUT2D eigenvalue weighted by molar-refractivity contribution is 6.32. The molecule has 0 heterocycles. The van der Waals surface area contributed by atoms with Gasteiger partial charge >= 0.3 is 5.97 Å². The van der Waals surface area contributed by atoms with Crippen LogP contribution < -0.4 is 4.74 Å². The molecule has 0 aliphatic heterocycles. The Bertz CT molecular complexity index is 1020. The standard InChI is InChI=1S/C25H24ClNO5/c1-2-31-22-14-20(13-21(26)24(22)29)25(30)32-17-23(28)27(15-18-9-5-3-6-10-18)16-19-11-7-4-8-12-19/h3-14,29H,2,15-17H2,1H3. The first-order chi connectivity index (χ1) is 15.5. The van der Waals surface area contributed by atoms with E-state index in [9.17, 15) is 14.7 Å². The number of hydrogen-bond acceptors (Lipinski definition) is 5. The summed E-state index contributed by atoms with van der Waals surface area (Å²) in [5, 5.41) is 9.90. The van der Waals surface area contributed by atoms with Crippen molar-refractivity contribution in [3.05, 3.63) is 94.5 Å². The molecular formula is C25H24ClNO5. The number of nitrogens with zero attached hydrogens (tertiary/aromatic N) is 1. The van der Waals surface area contributed by atoms with Gasteiger partial charge in [0.2, 0.25) is 0 Å². The second-order valence-electron chi connectivity index (χ2n) is 7.03. The Kier molecular flexibility index (Phi) is 8.11. The monoisotopic (exact) mass is 453 g/mol. The van der Waals surface area contributed by atoms with Gasteiger partial charge < -0.3 is 19.5 Å². The number of carbonyl (C=O) groups excluding carboxylic acids is 2. The van der Waals surface area contributed by atoms with Gasteiger partial charge in [0.1, 0.15) is 0 Å². The van der Waals surface area contributed by atoms with Crippen LogP contribution in [0.1, 0.15) is 28.4 Å². The van der Waals surface area contributed by atoms with E-state index in [4.69, 9.17) is 21.1 Å². The third kappa shape index (κ3) is 6.25. The summed E-state index contributed by atoms with van der Waals surface area (Å²) in [6.07, 6.45) is 0. The molecule has 0 aromatic heterocycles. The first kappa shape index (κ1) is 23.2. The number of halogens is 1. The Balaban J connectivity index is 1.71. The molecule has 3 aromatic rings. The lowest BCUT2D eigenvalue weighted by molar-refractivity contribution is -0.135. The zero-order chi connectivity index (χ0) is 22.9. The summed E-state index contributed by atoms with van der Waals surface area (Å²) in [6, 6.07) is 21.8. The number of esters is 1. The molecule has 0 fully saturated rings. The number of ether oxygens (including phenoxy) is 2. The average Bonchev–Trinajstić information content (AvgIpc) is 2.81. The van der Waals surface area contributed by atoms with Gasteiger partial charge in [-0.3, -0.25) is 4.79 Å². The molecule has 3 rings (SSSR count). The number of aromatic hydroxyl groups is 1. The van der Waals surface area contributed by atoms with Crippen molar-refractivity contribution in [3.8, 4) is 11.5 Å². The lowest BCUT2D eigenvalue weighted by Crippen LogP contribution is -2.34. The van der Waals surface area contributed by atoms with E-state index in [2.05, 4.69) is 0 Å². The van der Waals surface area contributed by atoms with E-state index < -0.39 is 12.6 Å². The van der Waals surface area contributed by atoms with Crippen LogP contribution in [0.15, 0.2) is 72.8 Å². The van der Waals surface area contributed by atoms with Crippen LogP contribution >= 0.6 is 11.6 Å². The molecule has 0 bridgehead atoms. The first-order valence-electron chi connectivity index (χ1n) is 10.2. The molecule has 6 nitrogen and oxygen atoms in total. The summed E-state index contributed by atoms with van der Waals surface area (Å²) in [6.45, 7) is 2.36. The lowest BCUT2D eigenvalue weighted by atomic mass is 10.1. The first-order valence-corrected chi connectivity index (χ1v) is 10.5. The minimum Gasteiger partial charge on any atom is -0.503 e. The van der Waals surface area contributed by atoms with E-state index >= 15 is 0 Å². The van der Waals surface area contributed by atoms with Crippen molar-refractivity contribution in [1.29, 1.82) is 0 Å². The number of phenols is 1. The Morgan fingerprint density at radius 2 is 1.50 bits per heavy atom. The van der Waals surface area contributed by atoms with Crippen LogP contribution in [0, 0.1) is 0 Å². The van der Waals surface area contributed by atoms with Crippen molar-refractivity contribution in [2.24, 2.45) is 0 Å². The van der Waals surface area contributed by atoms with Crippen molar-refractivity contribution < 1.29 is 24.2 Å². The number of carbonyl (C=O) groups is 2. The number of phenolic OH excluding ortho intramolecular Hbond substituents is 1. The van der Waals surface area contributed by atoms with Gasteiger partial charge in [-0.15, -0.1) is 0 Å². The van der Waals surface area contributed by atoms with Crippen molar-refractivity contribution in [3.63, 3.8) is 0 Å². The van der Waals surface area contributed by atoms with E-state index in [0.717, 1.165) is 11.1 Å². The molecule has 0 aliphatic carbocycles. The summed E-state index contributed by atoms with van der Waals surface area (Å²) in [4.78, 5) is 27.1. The molecule has 166 valence electrons. The molecule has 0 radical (unpaired) electrons. The molecule has 0 saturated carbocycles. The van der Waals surface area contributed by atoms with Crippen LogP contribution in [0.25, 0.3) is 0 Å². The van der Waals surface area contributed by atoms with Crippen LogP contribution in [-0.4, -0.2) is 35.1 Å². The van der Waals surface area contributed by atoms with Gasteiger partial charge in [-0.05, 0) is 30.2 Å². The topological polar surface area (TPSA) is 76.1 Å². The van der Waals surface area contributed by atoms with Gasteiger partial charge in [0, 0.05) is 13.1 Å². The van der Waals surface area contributed by atoms with Crippen molar-refractivity contribution in [2.45, 2.75) is 20.0 Å². The predicted octanol–water partition coefficient (Wildman–Crippen LogP) is 4.83. The van der Waals surface area contributed by atoms with Gasteiger partial charge in [-0.1, -0.05) is 72.3 Å². The number of rotatable bonds is 9. The molecule has 0 unspecified atom stereocenters. The van der Waals surface area contributed by atoms with Gasteiger partial charge in [-0.2, -0.15) is 0 Å². The summed E-state index contributed by atoms with van der Waals surface area (Å²) in [5.74, 6) is -1.24. The Morgan fingerprint density at radius 1 is 0.938 bits per heavy atom. The number of amides is 1. The predicted molar refractivity (Wildman–Crippen MR) is 122 cm³/mol. The van der Waals surface area contributed by atoms with Gasteiger partial charge in [0.25, 0.3) is 5.91 Å². The second-order valence-corrected chi connectivity index (χ2v) is 7.44. The largest absolute Gasteiger partial charge is 0.503 e. The smallest absolute Gasteiger partial charge is 0.338 e. The Hall–Kier alpha value is -3.51. The van der Waals surface area contributed by atoms with Crippen LogP contribution in [0.3, 0.4) is 0 Å². The molecule has 0 aliphatic rings. The second kappa shape index (κ2) is 11.2. The summed E-state index contributed by atoms with van der Waals surface area (Å²) >= 11 is 5.98. The fraction of sp³-hybridized carbons (Fsp3) is 0.200. The van der Waals surface area contributed by atoms with Crippen molar-refractivity contribution in [2.75, 3.05) is 13.2 Å². The molecule has 7 heteroatoms. The lowest BCUT2D eigenvalue weighted by Gasteiger charge is -2.23. The zero-order valence-corrected chi connectivity index (χ0v) is 18.4. The highest BCUT2D eigenvalue weighted by Crippen LogP contribution is 2.35. The van der Waals surface area contributed by atoms with Crippen LogP contribution in [0.4, 0.5) is 0 Å². The Labute approximate surface area is 192 Å². The highest BCUT2D eigenvalue weighted by atomic mass is 35.5. The zero-order valence-electron chi connectivity index (χ0n) is 17.7. The number of benzene rings is 3. The van der Waals surface area contributed by atoms with Crippen molar-refractivity contribution in [1.82, 2.24) is 4.90 Å². The minimum atomic E-state index is -0.736. The fourth-order valence-electron chi connectivity index (χ4n) is 3.10. The SMILES string of the molecule is CCOc1cc(C(=O)OCC(=O)N(Cc2ccccc2)Cc2ccccc2)cc(Cl)c1O. The van der Waals surface area contributed by atoms with Crippen LogP contribution in [0.2, 0.25) is 5.02 Å². The van der Waals surface area contributed by atoms with E-state index in [0.29, 0.717) is 13.1 Å². The van der Waals surface area contributed by atoms with E-state index in [1.807, 2.05) is 60.7 Å². The molecule has 0 atom stereocenters. The molecule has 0 saturated heterocycles. The Morgan fingerprint density at radius 3 is 2.03 bits per heavy atom. The van der Waals surface area contributed by atoms with Gasteiger partial charge in [-0.25, -0.2) is 4.79 Å². The molecule has 32 heavy (non-hydrogen) atoms. The summed E-state index contributed by atoms with van der Waals surface area (Å²) < 4.78 is 10.5. The number of hydrogen-bond donors (Lipinski definition) is 1.